The van der Waals surface area contributed by atoms with Crippen LogP contribution in [0.5, 0.6) is 0 Å². The van der Waals surface area contributed by atoms with Gasteiger partial charge in [-0.05, 0) is 18.6 Å². The molecule has 16 heavy (non-hydrogen) atoms. The van der Waals surface area contributed by atoms with Gasteiger partial charge >= 0.3 is 0 Å². The van der Waals surface area contributed by atoms with Gasteiger partial charge < -0.3 is 9.47 Å². The maximum Gasteiger partial charge on any atom is 0.201 e. The Morgan fingerprint density at radius 3 is 2.81 bits per heavy atom. The first kappa shape index (κ1) is 12.4. The van der Waals surface area contributed by atoms with Gasteiger partial charge in [0.05, 0.1) is 5.25 Å². The third-order valence-electron chi connectivity index (χ3n) is 2.66. The summed E-state index contributed by atoms with van der Waals surface area (Å²) in [7, 11) is 3.28. The zero-order valence-electron chi connectivity index (χ0n) is 9.64. The second-order valence-corrected chi connectivity index (χ2v) is 5.97. The first-order chi connectivity index (χ1) is 7.85. The number of ether oxygens (including phenoxy) is 2. The molecule has 2 heterocycles. The fourth-order valence-electron chi connectivity index (χ4n) is 1.83. The maximum absolute atomic E-state index is 5.20. The van der Waals surface area contributed by atoms with Crippen molar-refractivity contribution in [2.75, 3.05) is 20.0 Å². The first-order valence-electron chi connectivity index (χ1n) is 5.47. The van der Waals surface area contributed by atoms with E-state index in [1.807, 2.05) is 17.1 Å². The van der Waals surface area contributed by atoms with Crippen molar-refractivity contribution < 1.29 is 9.47 Å². The van der Waals surface area contributed by atoms with Gasteiger partial charge in [0.15, 0.2) is 0 Å². The second-order valence-electron chi connectivity index (χ2n) is 3.77. The number of aromatic nitrogens is 1. The van der Waals surface area contributed by atoms with Gasteiger partial charge in [-0.1, -0.05) is 6.42 Å². The Bertz CT molecular complexity index is 320. The lowest BCUT2D eigenvalue weighted by atomic mass is 10.2. The standard InChI is InChI=1S/C11H17NO2S2/c1-13-11(14-2)8-7-16-10(12-8)9-5-3-4-6-15-9/h7,9,11H,3-6H2,1-2H3. The van der Waals surface area contributed by atoms with Gasteiger partial charge in [-0.25, -0.2) is 4.98 Å². The summed E-state index contributed by atoms with van der Waals surface area (Å²) in [6, 6.07) is 0. The molecule has 90 valence electrons. The van der Waals surface area contributed by atoms with Crippen LogP contribution in [0.4, 0.5) is 0 Å². The van der Waals surface area contributed by atoms with Crippen LogP contribution in [0.1, 0.15) is 41.5 Å². The molecule has 5 heteroatoms. The Labute approximate surface area is 105 Å². The molecule has 3 nitrogen and oxygen atoms in total. The van der Waals surface area contributed by atoms with Gasteiger partial charge in [0.25, 0.3) is 0 Å². The van der Waals surface area contributed by atoms with Crippen LogP contribution in [-0.2, 0) is 9.47 Å². The summed E-state index contributed by atoms with van der Waals surface area (Å²) in [6.07, 6.45) is 3.60. The molecule has 2 rings (SSSR count). The Morgan fingerprint density at radius 2 is 2.19 bits per heavy atom. The lowest BCUT2D eigenvalue weighted by molar-refractivity contribution is -0.108. The molecule has 1 aliphatic rings. The number of thiazole rings is 1. The van der Waals surface area contributed by atoms with E-state index < -0.39 is 0 Å². The Hall–Kier alpha value is -0.100. The highest BCUT2D eigenvalue weighted by molar-refractivity contribution is 7.99. The summed E-state index contributed by atoms with van der Waals surface area (Å²) in [5.74, 6) is 1.26. The third kappa shape index (κ3) is 2.77. The van der Waals surface area contributed by atoms with Crippen molar-refractivity contribution >= 4 is 23.1 Å². The molecule has 0 radical (unpaired) electrons. The maximum atomic E-state index is 5.20. The van der Waals surface area contributed by atoms with Crippen LogP contribution in [0.15, 0.2) is 5.38 Å². The van der Waals surface area contributed by atoms with Crippen molar-refractivity contribution in [1.29, 1.82) is 0 Å². The van der Waals surface area contributed by atoms with E-state index in [2.05, 4.69) is 4.98 Å². The highest BCUT2D eigenvalue weighted by Gasteiger charge is 2.21. The van der Waals surface area contributed by atoms with Crippen molar-refractivity contribution in [1.82, 2.24) is 4.98 Å². The highest BCUT2D eigenvalue weighted by Crippen LogP contribution is 2.40. The monoisotopic (exact) mass is 259 g/mol. The van der Waals surface area contributed by atoms with E-state index in [-0.39, 0.29) is 6.29 Å². The third-order valence-corrected chi connectivity index (χ3v) is 5.18. The zero-order chi connectivity index (χ0) is 11.4. The Kier molecular flexibility index (Phi) is 4.64. The second kappa shape index (κ2) is 6.00. The molecule has 0 N–H and O–H groups in total. The summed E-state index contributed by atoms with van der Waals surface area (Å²) >= 11 is 3.75. The van der Waals surface area contributed by atoms with Crippen molar-refractivity contribution in [3.63, 3.8) is 0 Å². The van der Waals surface area contributed by atoms with E-state index >= 15 is 0 Å². The van der Waals surface area contributed by atoms with E-state index in [0.29, 0.717) is 5.25 Å². The van der Waals surface area contributed by atoms with Crippen LogP contribution in [0.25, 0.3) is 0 Å². The number of methoxy groups -OCH3 is 2. The van der Waals surface area contributed by atoms with Gasteiger partial charge in [-0.2, -0.15) is 11.8 Å². The van der Waals surface area contributed by atoms with E-state index in [9.17, 15) is 0 Å². The van der Waals surface area contributed by atoms with Crippen LogP contribution < -0.4 is 0 Å². The summed E-state index contributed by atoms with van der Waals surface area (Å²) in [6.45, 7) is 0. The fourth-order valence-corrected chi connectivity index (χ4v) is 4.22. The first-order valence-corrected chi connectivity index (χ1v) is 7.40. The average molecular weight is 259 g/mol. The van der Waals surface area contributed by atoms with Crippen molar-refractivity contribution in [3.05, 3.63) is 16.1 Å². The molecule has 0 saturated carbocycles. The molecule has 0 spiro atoms. The smallest absolute Gasteiger partial charge is 0.201 e. The van der Waals surface area contributed by atoms with Crippen LogP contribution in [0.2, 0.25) is 0 Å². The number of hydrogen-bond acceptors (Lipinski definition) is 5. The van der Waals surface area contributed by atoms with Crippen LogP contribution in [-0.4, -0.2) is 25.0 Å². The van der Waals surface area contributed by atoms with E-state index in [1.165, 1.54) is 30.0 Å². The predicted octanol–water partition coefficient (Wildman–Crippen LogP) is 3.39. The zero-order valence-corrected chi connectivity index (χ0v) is 11.3. The molecule has 1 aromatic rings. The minimum Gasteiger partial charge on any atom is -0.350 e. The van der Waals surface area contributed by atoms with Crippen LogP contribution >= 0.6 is 23.1 Å². The van der Waals surface area contributed by atoms with Crippen molar-refractivity contribution in [2.24, 2.45) is 0 Å². The summed E-state index contributed by atoms with van der Waals surface area (Å²) in [5.41, 5.74) is 0.899. The Morgan fingerprint density at radius 1 is 1.38 bits per heavy atom. The minimum atomic E-state index is -0.321. The van der Waals surface area contributed by atoms with E-state index in [0.717, 1.165) is 5.69 Å². The topological polar surface area (TPSA) is 31.4 Å². The number of hydrogen-bond donors (Lipinski definition) is 0. The fraction of sp³-hybridized carbons (Fsp3) is 0.727. The minimum absolute atomic E-state index is 0.321. The van der Waals surface area contributed by atoms with Crippen molar-refractivity contribution in [3.8, 4) is 0 Å². The van der Waals surface area contributed by atoms with Gasteiger partial charge in [-0.3, -0.25) is 0 Å². The van der Waals surface area contributed by atoms with Crippen LogP contribution in [0.3, 0.4) is 0 Å². The van der Waals surface area contributed by atoms with Gasteiger partial charge in [-0.15, -0.1) is 11.3 Å². The summed E-state index contributed by atoms with van der Waals surface area (Å²) in [5, 5.41) is 3.85. The molecule has 0 aromatic carbocycles. The quantitative estimate of drug-likeness (QED) is 0.776. The molecular formula is C11H17NO2S2. The molecule has 1 saturated heterocycles. The largest absolute Gasteiger partial charge is 0.350 e. The van der Waals surface area contributed by atoms with E-state index in [1.54, 1.807) is 25.6 Å². The predicted molar refractivity (Wildman–Crippen MR) is 67.9 cm³/mol. The molecule has 1 atom stereocenters. The normalized spacial score (nSPS) is 21.6. The molecule has 1 aromatic heterocycles. The molecule has 1 fully saturated rings. The molecule has 0 aliphatic carbocycles. The highest BCUT2D eigenvalue weighted by atomic mass is 32.2. The lowest BCUT2D eigenvalue weighted by Crippen LogP contribution is -2.06. The van der Waals surface area contributed by atoms with Gasteiger partial charge in [0.1, 0.15) is 10.7 Å². The van der Waals surface area contributed by atoms with Crippen LogP contribution in [0, 0.1) is 0 Å². The van der Waals surface area contributed by atoms with Crippen molar-refractivity contribution in [2.45, 2.75) is 30.8 Å². The summed E-state index contributed by atoms with van der Waals surface area (Å²) < 4.78 is 10.4. The molecule has 1 aliphatic heterocycles. The molecule has 0 bridgehead atoms. The van der Waals surface area contributed by atoms with Gasteiger partial charge in [0.2, 0.25) is 6.29 Å². The summed E-state index contributed by atoms with van der Waals surface area (Å²) in [4.78, 5) is 4.62. The molecule has 1 unspecified atom stereocenters. The number of rotatable bonds is 4. The number of thioether (sulfide) groups is 1. The SMILES string of the molecule is COC(OC)c1csc(C2CCCCS2)n1. The van der Waals surface area contributed by atoms with E-state index in [4.69, 9.17) is 9.47 Å². The molecular weight excluding hydrogens is 242 g/mol. The molecule has 0 amide bonds. The average Bonchev–Trinajstić information content (AvgIpc) is 2.81. The van der Waals surface area contributed by atoms with Gasteiger partial charge in [0, 0.05) is 19.6 Å². The lowest BCUT2D eigenvalue weighted by Gasteiger charge is -2.18. The Balaban J connectivity index is 2.05. The number of nitrogens with zero attached hydrogens (tertiary/aromatic N) is 1.